The molecule has 0 N–H and O–H groups in total. The summed E-state index contributed by atoms with van der Waals surface area (Å²) in [5, 5.41) is 0. The highest BCUT2D eigenvalue weighted by molar-refractivity contribution is 5.74. The summed E-state index contributed by atoms with van der Waals surface area (Å²) in [6.45, 7) is 4.67. The minimum absolute atomic E-state index is 0.720. The number of benzene rings is 1. The van der Waals surface area contributed by atoms with Crippen LogP contribution in [-0.4, -0.2) is 30.3 Å². The molecule has 0 aromatic heterocycles. The molecule has 0 saturated carbocycles. The summed E-state index contributed by atoms with van der Waals surface area (Å²) in [7, 11) is 0. The van der Waals surface area contributed by atoms with Crippen molar-refractivity contribution in [1.82, 2.24) is 4.90 Å². The number of likely N-dealkylation sites (tertiary alicyclic amines) is 1. The van der Waals surface area contributed by atoms with E-state index in [9.17, 15) is 4.79 Å². The Hall–Kier alpha value is -1.15. The highest BCUT2D eigenvalue weighted by Crippen LogP contribution is 2.16. The molecule has 1 fully saturated rings. The van der Waals surface area contributed by atoms with Crippen LogP contribution >= 0.6 is 0 Å². The number of nitrogens with zero attached hydrogens (tertiary/aromatic N) is 1. The number of aldehydes is 1. The van der Waals surface area contributed by atoms with Gasteiger partial charge < -0.3 is 4.90 Å². The number of hydrogen-bond donors (Lipinski definition) is 0. The average Bonchev–Trinajstić information content (AvgIpc) is 2.38. The standard InChI is InChI=1S/C15H21NO/c1-13-5-2-3-9-16(13)10-8-14-6-4-7-15(11-14)12-17/h4,6-7,11-13H,2-3,5,8-10H2,1H3. The lowest BCUT2D eigenvalue weighted by Crippen LogP contribution is -2.38. The van der Waals surface area contributed by atoms with Gasteiger partial charge in [0.15, 0.2) is 0 Å². The zero-order valence-electron chi connectivity index (χ0n) is 10.6. The van der Waals surface area contributed by atoms with E-state index >= 15 is 0 Å². The fourth-order valence-electron chi connectivity index (χ4n) is 2.58. The molecule has 1 aromatic carbocycles. The van der Waals surface area contributed by atoms with Gasteiger partial charge in [-0.3, -0.25) is 4.79 Å². The van der Waals surface area contributed by atoms with E-state index < -0.39 is 0 Å². The first-order chi connectivity index (χ1) is 8.29. The van der Waals surface area contributed by atoms with Crippen LogP contribution in [0.4, 0.5) is 0 Å². The third-order valence-corrected chi connectivity index (χ3v) is 3.72. The van der Waals surface area contributed by atoms with Gasteiger partial charge in [-0.05, 0) is 44.4 Å². The van der Waals surface area contributed by atoms with E-state index in [4.69, 9.17) is 0 Å². The van der Waals surface area contributed by atoms with Crippen LogP contribution in [0.1, 0.15) is 42.1 Å². The van der Waals surface area contributed by atoms with Crippen LogP contribution in [0.2, 0.25) is 0 Å². The third kappa shape index (κ3) is 3.40. The van der Waals surface area contributed by atoms with Gasteiger partial charge in [0.2, 0.25) is 0 Å². The van der Waals surface area contributed by atoms with Gasteiger partial charge in [0.25, 0.3) is 0 Å². The van der Waals surface area contributed by atoms with Crippen molar-refractivity contribution in [3.05, 3.63) is 35.4 Å². The number of carbonyl (C=O) groups is 1. The summed E-state index contributed by atoms with van der Waals surface area (Å²) < 4.78 is 0. The number of carbonyl (C=O) groups excluding carboxylic acids is 1. The maximum Gasteiger partial charge on any atom is 0.150 e. The number of hydrogen-bond acceptors (Lipinski definition) is 2. The van der Waals surface area contributed by atoms with Gasteiger partial charge in [-0.2, -0.15) is 0 Å². The molecule has 1 heterocycles. The molecule has 2 heteroatoms. The second-order valence-corrected chi connectivity index (χ2v) is 4.99. The summed E-state index contributed by atoms with van der Waals surface area (Å²) in [4.78, 5) is 13.3. The monoisotopic (exact) mass is 231 g/mol. The minimum Gasteiger partial charge on any atom is -0.300 e. The van der Waals surface area contributed by atoms with Crippen molar-refractivity contribution in [3.8, 4) is 0 Å². The van der Waals surface area contributed by atoms with Crippen molar-refractivity contribution < 1.29 is 4.79 Å². The predicted molar refractivity (Wildman–Crippen MR) is 70.4 cm³/mol. The lowest BCUT2D eigenvalue weighted by Gasteiger charge is -2.33. The van der Waals surface area contributed by atoms with Crippen molar-refractivity contribution in [2.24, 2.45) is 0 Å². The van der Waals surface area contributed by atoms with E-state index in [0.29, 0.717) is 0 Å². The Morgan fingerprint density at radius 2 is 2.29 bits per heavy atom. The van der Waals surface area contributed by atoms with E-state index in [-0.39, 0.29) is 0 Å². The fraction of sp³-hybridized carbons (Fsp3) is 0.533. The van der Waals surface area contributed by atoms with E-state index in [0.717, 1.165) is 30.9 Å². The Morgan fingerprint density at radius 3 is 3.06 bits per heavy atom. The molecule has 1 unspecified atom stereocenters. The Kier molecular flexibility index (Phi) is 4.32. The summed E-state index contributed by atoms with van der Waals surface area (Å²) in [6.07, 6.45) is 6.00. The van der Waals surface area contributed by atoms with Crippen molar-refractivity contribution in [2.45, 2.75) is 38.6 Å². The maximum absolute atomic E-state index is 10.7. The molecule has 1 atom stereocenters. The van der Waals surface area contributed by atoms with Crippen LogP contribution in [-0.2, 0) is 6.42 Å². The van der Waals surface area contributed by atoms with E-state index in [2.05, 4.69) is 17.9 Å². The van der Waals surface area contributed by atoms with Crippen molar-refractivity contribution in [3.63, 3.8) is 0 Å². The topological polar surface area (TPSA) is 20.3 Å². The van der Waals surface area contributed by atoms with Crippen LogP contribution < -0.4 is 0 Å². The Bertz CT molecular complexity index is 375. The largest absolute Gasteiger partial charge is 0.300 e. The molecule has 1 aliphatic heterocycles. The quantitative estimate of drug-likeness (QED) is 0.743. The molecule has 0 aliphatic carbocycles. The molecule has 1 saturated heterocycles. The second kappa shape index (κ2) is 5.97. The first-order valence-corrected chi connectivity index (χ1v) is 6.58. The highest BCUT2D eigenvalue weighted by Gasteiger charge is 2.17. The van der Waals surface area contributed by atoms with Crippen molar-refractivity contribution >= 4 is 6.29 Å². The summed E-state index contributed by atoms with van der Waals surface area (Å²) in [5.74, 6) is 0. The SMILES string of the molecule is CC1CCCCN1CCc1cccc(C=O)c1. The lowest BCUT2D eigenvalue weighted by atomic mass is 10.0. The summed E-state index contributed by atoms with van der Waals surface area (Å²) >= 11 is 0. The first-order valence-electron chi connectivity index (χ1n) is 6.58. The molecule has 1 aromatic rings. The van der Waals surface area contributed by atoms with Gasteiger partial charge in [-0.15, -0.1) is 0 Å². The Labute approximate surface area is 104 Å². The molecule has 0 radical (unpaired) electrons. The summed E-state index contributed by atoms with van der Waals surface area (Å²) in [5.41, 5.74) is 2.06. The molecule has 0 spiro atoms. The van der Waals surface area contributed by atoms with Gasteiger partial charge in [0.1, 0.15) is 6.29 Å². The molecular weight excluding hydrogens is 210 g/mol. The molecule has 2 nitrogen and oxygen atoms in total. The number of piperidine rings is 1. The lowest BCUT2D eigenvalue weighted by molar-refractivity contribution is 0.112. The maximum atomic E-state index is 10.7. The molecule has 1 aliphatic rings. The summed E-state index contributed by atoms with van der Waals surface area (Å²) in [6, 6.07) is 8.67. The van der Waals surface area contributed by atoms with Crippen LogP contribution in [0.15, 0.2) is 24.3 Å². The van der Waals surface area contributed by atoms with E-state index in [1.807, 2.05) is 18.2 Å². The van der Waals surface area contributed by atoms with Gasteiger partial charge in [-0.25, -0.2) is 0 Å². The molecule has 0 bridgehead atoms. The third-order valence-electron chi connectivity index (χ3n) is 3.72. The van der Waals surface area contributed by atoms with E-state index in [1.54, 1.807) is 0 Å². The minimum atomic E-state index is 0.720. The Morgan fingerprint density at radius 1 is 1.41 bits per heavy atom. The van der Waals surface area contributed by atoms with Gasteiger partial charge >= 0.3 is 0 Å². The van der Waals surface area contributed by atoms with Crippen LogP contribution in [0.25, 0.3) is 0 Å². The van der Waals surface area contributed by atoms with E-state index in [1.165, 1.54) is 31.4 Å². The first kappa shape index (κ1) is 12.3. The fourth-order valence-corrected chi connectivity index (χ4v) is 2.58. The Balaban J connectivity index is 1.90. The van der Waals surface area contributed by atoms with Gasteiger partial charge in [-0.1, -0.05) is 24.6 Å². The number of rotatable bonds is 4. The van der Waals surface area contributed by atoms with Crippen LogP contribution in [0.5, 0.6) is 0 Å². The van der Waals surface area contributed by atoms with Crippen molar-refractivity contribution in [1.29, 1.82) is 0 Å². The van der Waals surface area contributed by atoms with Crippen LogP contribution in [0.3, 0.4) is 0 Å². The second-order valence-electron chi connectivity index (χ2n) is 4.99. The molecule has 2 rings (SSSR count). The van der Waals surface area contributed by atoms with Gasteiger partial charge in [0, 0.05) is 18.2 Å². The highest BCUT2D eigenvalue weighted by atomic mass is 16.1. The smallest absolute Gasteiger partial charge is 0.150 e. The molecule has 0 amide bonds. The molecular formula is C15H21NO. The zero-order chi connectivity index (χ0) is 12.1. The van der Waals surface area contributed by atoms with Gasteiger partial charge in [0.05, 0.1) is 0 Å². The predicted octanol–water partition coefficient (Wildman–Crippen LogP) is 2.92. The van der Waals surface area contributed by atoms with Crippen molar-refractivity contribution in [2.75, 3.05) is 13.1 Å². The normalized spacial score (nSPS) is 21.4. The zero-order valence-corrected chi connectivity index (χ0v) is 10.6. The molecule has 92 valence electrons. The average molecular weight is 231 g/mol. The van der Waals surface area contributed by atoms with Crippen LogP contribution in [0, 0.1) is 0 Å². The molecule has 17 heavy (non-hydrogen) atoms.